The smallest absolute Gasteiger partial charge is 0.347 e. The summed E-state index contributed by atoms with van der Waals surface area (Å²) in [5, 5.41) is 2.62. The standard InChI is InChI=1S/C8H11NO4/c1-3-12-8(11)6-5(10)4-13-7(6)9-2/h9H,3-4H2,1-2H3. The van der Waals surface area contributed by atoms with Crippen molar-refractivity contribution in [2.45, 2.75) is 6.92 Å². The summed E-state index contributed by atoms with van der Waals surface area (Å²) in [6.45, 7) is 1.83. The van der Waals surface area contributed by atoms with E-state index >= 15 is 0 Å². The monoisotopic (exact) mass is 185 g/mol. The van der Waals surface area contributed by atoms with Gasteiger partial charge in [0, 0.05) is 7.05 Å². The number of carbonyl (C=O) groups is 2. The first-order valence-corrected chi connectivity index (χ1v) is 3.95. The molecule has 0 atom stereocenters. The van der Waals surface area contributed by atoms with Crippen LogP contribution in [0.25, 0.3) is 0 Å². The van der Waals surface area contributed by atoms with Crippen LogP contribution in [0.5, 0.6) is 0 Å². The molecule has 0 fully saturated rings. The summed E-state index contributed by atoms with van der Waals surface area (Å²) in [6.07, 6.45) is 0. The first-order valence-electron chi connectivity index (χ1n) is 3.95. The predicted molar refractivity (Wildman–Crippen MR) is 43.7 cm³/mol. The highest BCUT2D eigenvalue weighted by molar-refractivity contribution is 6.19. The van der Waals surface area contributed by atoms with Gasteiger partial charge in [-0.2, -0.15) is 0 Å². The maximum absolute atomic E-state index is 11.2. The second kappa shape index (κ2) is 3.93. The normalized spacial score (nSPS) is 15.7. The van der Waals surface area contributed by atoms with Crippen LogP contribution in [0.4, 0.5) is 0 Å². The molecule has 1 rings (SSSR count). The lowest BCUT2D eigenvalue weighted by Crippen LogP contribution is -2.17. The minimum Gasteiger partial charge on any atom is -0.470 e. The molecule has 1 N–H and O–H groups in total. The summed E-state index contributed by atoms with van der Waals surface area (Å²) in [5.74, 6) is -0.777. The van der Waals surface area contributed by atoms with Crippen molar-refractivity contribution in [2.75, 3.05) is 20.3 Å². The van der Waals surface area contributed by atoms with Gasteiger partial charge in [-0.1, -0.05) is 0 Å². The average Bonchev–Trinajstić information content (AvgIpc) is 2.47. The lowest BCUT2D eigenvalue weighted by Gasteiger charge is -2.02. The first-order chi connectivity index (χ1) is 6.20. The predicted octanol–water partition coefficient (Wildman–Crippen LogP) is -0.420. The van der Waals surface area contributed by atoms with Crippen LogP contribution >= 0.6 is 0 Å². The topological polar surface area (TPSA) is 64.6 Å². The summed E-state index contributed by atoms with van der Waals surface area (Å²) in [4.78, 5) is 22.3. The molecule has 13 heavy (non-hydrogen) atoms. The summed E-state index contributed by atoms with van der Waals surface area (Å²) in [7, 11) is 1.58. The van der Waals surface area contributed by atoms with E-state index in [1.165, 1.54) is 0 Å². The van der Waals surface area contributed by atoms with E-state index in [1.54, 1.807) is 14.0 Å². The van der Waals surface area contributed by atoms with Crippen LogP contribution in [-0.2, 0) is 19.1 Å². The SMILES string of the molecule is CCOC(=O)C1=C(NC)OCC1=O. The molecule has 0 aromatic carbocycles. The zero-order valence-corrected chi connectivity index (χ0v) is 7.55. The molecular formula is C8H11NO4. The van der Waals surface area contributed by atoms with E-state index in [9.17, 15) is 9.59 Å². The molecule has 0 aliphatic carbocycles. The Morgan fingerprint density at radius 2 is 2.38 bits per heavy atom. The number of carbonyl (C=O) groups excluding carboxylic acids is 2. The maximum atomic E-state index is 11.2. The molecule has 0 radical (unpaired) electrons. The van der Waals surface area contributed by atoms with Gasteiger partial charge in [0.1, 0.15) is 0 Å². The Bertz CT molecular complexity index is 269. The van der Waals surface area contributed by atoms with Crippen molar-refractivity contribution in [1.82, 2.24) is 5.32 Å². The summed E-state index contributed by atoms with van der Waals surface area (Å²) >= 11 is 0. The first kappa shape index (κ1) is 9.57. The van der Waals surface area contributed by atoms with Gasteiger partial charge < -0.3 is 14.8 Å². The fourth-order valence-electron chi connectivity index (χ4n) is 1.02. The quantitative estimate of drug-likeness (QED) is 0.478. The average molecular weight is 185 g/mol. The van der Waals surface area contributed by atoms with Crippen molar-refractivity contribution in [3.63, 3.8) is 0 Å². The third-order valence-electron chi connectivity index (χ3n) is 1.56. The fourth-order valence-corrected chi connectivity index (χ4v) is 1.02. The molecule has 5 nitrogen and oxygen atoms in total. The number of ether oxygens (including phenoxy) is 2. The van der Waals surface area contributed by atoms with Crippen molar-refractivity contribution >= 4 is 11.8 Å². The van der Waals surface area contributed by atoms with Crippen molar-refractivity contribution in [2.24, 2.45) is 0 Å². The Morgan fingerprint density at radius 1 is 1.69 bits per heavy atom. The Labute approximate surface area is 75.7 Å². The summed E-state index contributed by atoms with van der Waals surface area (Å²) in [6, 6.07) is 0. The van der Waals surface area contributed by atoms with Crippen molar-refractivity contribution < 1.29 is 19.1 Å². The molecule has 0 unspecified atom stereocenters. The molecule has 1 heterocycles. The molecule has 0 saturated carbocycles. The fraction of sp³-hybridized carbons (Fsp3) is 0.500. The largest absolute Gasteiger partial charge is 0.470 e. The van der Waals surface area contributed by atoms with Gasteiger partial charge in [-0.25, -0.2) is 4.79 Å². The van der Waals surface area contributed by atoms with E-state index < -0.39 is 5.97 Å². The highest BCUT2D eigenvalue weighted by Crippen LogP contribution is 2.14. The van der Waals surface area contributed by atoms with Gasteiger partial charge in [0.2, 0.25) is 11.7 Å². The van der Waals surface area contributed by atoms with Crippen LogP contribution in [0.1, 0.15) is 6.92 Å². The minimum atomic E-state index is -0.630. The number of hydrogen-bond donors (Lipinski definition) is 1. The van der Waals surface area contributed by atoms with Gasteiger partial charge in [-0.3, -0.25) is 4.79 Å². The molecule has 1 aliphatic heterocycles. The molecule has 0 aromatic rings. The molecule has 0 amide bonds. The molecule has 0 spiro atoms. The Balaban J connectivity index is 2.84. The third-order valence-corrected chi connectivity index (χ3v) is 1.56. The zero-order valence-electron chi connectivity index (χ0n) is 7.55. The number of Topliss-reactive ketones (excluding diaryl/α,β-unsaturated/α-hetero) is 1. The second-order valence-electron chi connectivity index (χ2n) is 2.39. The molecular weight excluding hydrogens is 174 g/mol. The molecule has 0 aromatic heterocycles. The van der Waals surface area contributed by atoms with Crippen LogP contribution in [0, 0.1) is 0 Å². The van der Waals surface area contributed by atoms with Crippen molar-refractivity contribution in [3.05, 3.63) is 11.5 Å². The van der Waals surface area contributed by atoms with Gasteiger partial charge in [-0.05, 0) is 6.92 Å². The van der Waals surface area contributed by atoms with Gasteiger partial charge in [0.15, 0.2) is 12.2 Å². The zero-order chi connectivity index (χ0) is 9.84. The van der Waals surface area contributed by atoms with E-state index in [0.717, 1.165) is 0 Å². The van der Waals surface area contributed by atoms with Gasteiger partial charge in [0.05, 0.1) is 6.61 Å². The van der Waals surface area contributed by atoms with Gasteiger partial charge in [0.25, 0.3) is 0 Å². The number of rotatable bonds is 3. The molecule has 0 saturated heterocycles. The molecule has 72 valence electrons. The number of ketones is 1. The summed E-state index contributed by atoms with van der Waals surface area (Å²) < 4.78 is 9.60. The van der Waals surface area contributed by atoms with Crippen LogP contribution < -0.4 is 5.32 Å². The minimum absolute atomic E-state index is 0.0237. The Hall–Kier alpha value is -1.52. The van der Waals surface area contributed by atoms with E-state index in [1.807, 2.05) is 0 Å². The molecule has 1 aliphatic rings. The van der Waals surface area contributed by atoms with Crippen LogP contribution in [0.2, 0.25) is 0 Å². The Kier molecular flexibility index (Phi) is 2.89. The van der Waals surface area contributed by atoms with E-state index in [4.69, 9.17) is 9.47 Å². The van der Waals surface area contributed by atoms with Crippen LogP contribution in [0.3, 0.4) is 0 Å². The maximum Gasteiger partial charge on any atom is 0.347 e. The van der Waals surface area contributed by atoms with Gasteiger partial charge >= 0.3 is 5.97 Å². The third kappa shape index (κ3) is 1.80. The number of hydrogen-bond acceptors (Lipinski definition) is 5. The van der Waals surface area contributed by atoms with Crippen LogP contribution in [-0.4, -0.2) is 32.0 Å². The lowest BCUT2D eigenvalue weighted by atomic mass is 10.2. The Morgan fingerprint density at radius 3 is 2.92 bits per heavy atom. The van der Waals surface area contributed by atoms with E-state index in [0.29, 0.717) is 0 Å². The van der Waals surface area contributed by atoms with Crippen molar-refractivity contribution in [3.8, 4) is 0 Å². The lowest BCUT2D eigenvalue weighted by molar-refractivity contribution is -0.139. The van der Waals surface area contributed by atoms with E-state index in [-0.39, 0.29) is 30.5 Å². The highest BCUT2D eigenvalue weighted by atomic mass is 16.5. The van der Waals surface area contributed by atoms with Crippen LogP contribution in [0.15, 0.2) is 11.5 Å². The summed E-state index contributed by atoms with van der Waals surface area (Å²) in [5.41, 5.74) is -0.0237. The highest BCUT2D eigenvalue weighted by Gasteiger charge is 2.31. The number of nitrogens with one attached hydrogen (secondary N) is 1. The van der Waals surface area contributed by atoms with Gasteiger partial charge in [-0.15, -0.1) is 0 Å². The van der Waals surface area contributed by atoms with Crippen molar-refractivity contribution in [1.29, 1.82) is 0 Å². The number of esters is 1. The van der Waals surface area contributed by atoms with E-state index in [2.05, 4.69) is 5.32 Å². The molecule has 5 heteroatoms. The molecule has 0 bridgehead atoms. The second-order valence-corrected chi connectivity index (χ2v) is 2.39.